The first kappa shape index (κ1) is 8.97. The number of nitrogens with two attached hydrogens (primary N) is 1. The second-order valence-electron chi connectivity index (χ2n) is 4.69. The first-order chi connectivity index (χ1) is 5.94. The number of aliphatic hydroxyl groups excluding tert-OH is 1. The lowest BCUT2D eigenvalue weighted by Crippen LogP contribution is -2.72. The van der Waals surface area contributed by atoms with Gasteiger partial charge in [-0.05, 0) is 6.42 Å². The molecular weight excluding hydrogens is 168 g/mol. The summed E-state index contributed by atoms with van der Waals surface area (Å²) in [6, 6.07) is -0.108. The molecule has 1 aliphatic heterocycles. The minimum absolute atomic E-state index is 0.0324. The maximum Gasteiger partial charge on any atom is 0.241 e. The second kappa shape index (κ2) is 2.45. The van der Waals surface area contributed by atoms with Gasteiger partial charge in [0.1, 0.15) is 6.04 Å². The number of likely N-dealkylation sites (tertiary alicyclic amines) is 1. The zero-order valence-electron chi connectivity index (χ0n) is 8.03. The maximum absolute atomic E-state index is 11.3. The molecule has 2 aliphatic rings. The number of β-lactam (4-membered cyclic amide) rings is 1. The summed E-state index contributed by atoms with van der Waals surface area (Å²) in [5.41, 5.74) is 5.34. The zero-order valence-corrected chi connectivity index (χ0v) is 8.03. The fraction of sp³-hybridized carbons (Fsp3) is 0.889. The third-order valence-electron chi connectivity index (χ3n) is 3.53. The maximum atomic E-state index is 11.3. The number of hydrogen-bond donors (Lipinski definition) is 2. The Kier molecular flexibility index (Phi) is 1.69. The van der Waals surface area contributed by atoms with Crippen molar-refractivity contribution < 1.29 is 9.90 Å². The topological polar surface area (TPSA) is 66.6 Å². The molecule has 0 bridgehead atoms. The normalized spacial score (nSPS) is 42.6. The average molecular weight is 184 g/mol. The smallest absolute Gasteiger partial charge is 0.241 e. The number of aliphatic hydroxyl groups is 1. The van der Waals surface area contributed by atoms with E-state index >= 15 is 0 Å². The van der Waals surface area contributed by atoms with Crippen LogP contribution in [0.4, 0.5) is 0 Å². The third-order valence-corrected chi connectivity index (χ3v) is 3.53. The van der Waals surface area contributed by atoms with E-state index in [9.17, 15) is 9.90 Å². The molecule has 1 heterocycles. The van der Waals surface area contributed by atoms with Gasteiger partial charge in [0.15, 0.2) is 0 Å². The van der Waals surface area contributed by atoms with Crippen molar-refractivity contribution in [1.29, 1.82) is 0 Å². The fourth-order valence-electron chi connectivity index (χ4n) is 2.17. The van der Waals surface area contributed by atoms with Crippen molar-refractivity contribution in [1.82, 2.24) is 4.90 Å². The van der Waals surface area contributed by atoms with E-state index in [4.69, 9.17) is 5.73 Å². The van der Waals surface area contributed by atoms with Gasteiger partial charge in [0.25, 0.3) is 0 Å². The fourth-order valence-corrected chi connectivity index (χ4v) is 2.17. The summed E-state index contributed by atoms with van der Waals surface area (Å²) in [4.78, 5) is 13.1. The second-order valence-corrected chi connectivity index (χ2v) is 4.69. The molecule has 3 unspecified atom stereocenters. The number of amides is 1. The monoisotopic (exact) mass is 184 g/mol. The van der Waals surface area contributed by atoms with Crippen molar-refractivity contribution in [2.75, 3.05) is 6.54 Å². The van der Waals surface area contributed by atoms with E-state index in [-0.39, 0.29) is 29.5 Å². The first-order valence-corrected chi connectivity index (χ1v) is 4.68. The van der Waals surface area contributed by atoms with Gasteiger partial charge in [-0.2, -0.15) is 0 Å². The molecule has 74 valence electrons. The molecule has 1 saturated carbocycles. The largest absolute Gasteiger partial charge is 0.392 e. The van der Waals surface area contributed by atoms with Crippen LogP contribution < -0.4 is 5.73 Å². The molecule has 1 saturated heterocycles. The van der Waals surface area contributed by atoms with E-state index in [1.807, 2.05) is 13.8 Å². The molecule has 1 aliphatic carbocycles. The summed E-state index contributed by atoms with van der Waals surface area (Å²) < 4.78 is 0. The number of nitrogens with zero attached hydrogens (tertiary/aromatic N) is 1. The minimum Gasteiger partial charge on any atom is -0.392 e. The molecule has 2 fully saturated rings. The molecule has 1 amide bonds. The molecule has 0 aromatic rings. The Balaban J connectivity index is 2.02. The van der Waals surface area contributed by atoms with E-state index in [2.05, 4.69) is 0 Å². The molecule has 4 nitrogen and oxygen atoms in total. The number of hydrogen-bond acceptors (Lipinski definition) is 3. The molecule has 3 N–H and O–H groups in total. The summed E-state index contributed by atoms with van der Waals surface area (Å²) in [5, 5.41) is 9.50. The highest BCUT2D eigenvalue weighted by Gasteiger charge is 2.54. The first-order valence-electron chi connectivity index (χ1n) is 4.68. The summed E-state index contributed by atoms with van der Waals surface area (Å²) in [6.07, 6.45) is 0.424. The predicted octanol–water partition coefficient (Wildman–Crippen LogP) is -0.685. The standard InChI is InChI=1S/C9H16N2O2/c1-9(2)6(3-7(9)12)11-4-5(10)8(11)13/h5-7,12H,3-4,10H2,1-2H3. The molecular formula is C9H16N2O2. The average Bonchev–Trinajstić information content (AvgIpc) is 2.10. The van der Waals surface area contributed by atoms with Crippen LogP contribution in [-0.2, 0) is 4.79 Å². The summed E-state index contributed by atoms with van der Waals surface area (Å²) in [5.74, 6) is 0.0324. The van der Waals surface area contributed by atoms with Gasteiger partial charge in [0.05, 0.1) is 6.10 Å². The van der Waals surface area contributed by atoms with Crippen molar-refractivity contribution in [3.05, 3.63) is 0 Å². The van der Waals surface area contributed by atoms with Crippen molar-refractivity contribution in [2.24, 2.45) is 11.1 Å². The van der Waals surface area contributed by atoms with Crippen LogP contribution in [0.5, 0.6) is 0 Å². The van der Waals surface area contributed by atoms with Crippen LogP contribution in [0.3, 0.4) is 0 Å². The molecule has 0 radical (unpaired) electrons. The Morgan fingerprint density at radius 2 is 2.23 bits per heavy atom. The van der Waals surface area contributed by atoms with Gasteiger partial charge in [-0.1, -0.05) is 13.8 Å². The molecule has 4 heteroatoms. The van der Waals surface area contributed by atoms with Gasteiger partial charge in [-0.15, -0.1) is 0 Å². The van der Waals surface area contributed by atoms with Crippen LogP contribution >= 0.6 is 0 Å². The molecule has 3 atom stereocenters. The summed E-state index contributed by atoms with van der Waals surface area (Å²) in [6.45, 7) is 4.63. The van der Waals surface area contributed by atoms with Crippen LogP contribution in [0.2, 0.25) is 0 Å². The van der Waals surface area contributed by atoms with Crippen molar-refractivity contribution >= 4 is 5.91 Å². The molecule has 0 aromatic heterocycles. The number of carbonyl (C=O) groups is 1. The Hall–Kier alpha value is -0.610. The molecule has 0 spiro atoms. The van der Waals surface area contributed by atoms with Crippen molar-refractivity contribution in [3.63, 3.8) is 0 Å². The van der Waals surface area contributed by atoms with Crippen LogP contribution in [0.25, 0.3) is 0 Å². The van der Waals surface area contributed by atoms with Gasteiger partial charge >= 0.3 is 0 Å². The highest BCUT2D eigenvalue weighted by molar-refractivity contribution is 5.88. The predicted molar refractivity (Wildman–Crippen MR) is 47.9 cm³/mol. The Morgan fingerprint density at radius 1 is 1.62 bits per heavy atom. The minimum atomic E-state index is -0.298. The van der Waals surface area contributed by atoms with Gasteiger partial charge < -0.3 is 15.7 Å². The van der Waals surface area contributed by atoms with E-state index in [0.29, 0.717) is 13.0 Å². The van der Waals surface area contributed by atoms with Crippen LogP contribution in [-0.4, -0.2) is 40.6 Å². The number of carbonyl (C=O) groups excluding carboxylic acids is 1. The van der Waals surface area contributed by atoms with Crippen LogP contribution in [0.15, 0.2) is 0 Å². The molecule has 0 aromatic carbocycles. The lowest BCUT2D eigenvalue weighted by atomic mass is 9.63. The van der Waals surface area contributed by atoms with Crippen molar-refractivity contribution in [2.45, 2.75) is 38.5 Å². The van der Waals surface area contributed by atoms with Gasteiger partial charge in [-0.3, -0.25) is 4.79 Å². The number of rotatable bonds is 1. The van der Waals surface area contributed by atoms with Gasteiger partial charge in [0, 0.05) is 18.0 Å². The van der Waals surface area contributed by atoms with Gasteiger partial charge in [-0.25, -0.2) is 0 Å². The lowest BCUT2D eigenvalue weighted by Gasteiger charge is -2.57. The lowest BCUT2D eigenvalue weighted by molar-refractivity contribution is -0.171. The summed E-state index contributed by atoms with van der Waals surface area (Å²) in [7, 11) is 0. The Labute approximate surface area is 77.7 Å². The van der Waals surface area contributed by atoms with E-state index < -0.39 is 0 Å². The van der Waals surface area contributed by atoms with Crippen LogP contribution in [0, 0.1) is 5.41 Å². The van der Waals surface area contributed by atoms with Crippen molar-refractivity contribution in [3.8, 4) is 0 Å². The van der Waals surface area contributed by atoms with Crippen LogP contribution in [0.1, 0.15) is 20.3 Å². The SMILES string of the molecule is CC1(C)C(O)CC1N1CC(N)C1=O. The van der Waals surface area contributed by atoms with E-state index in [1.54, 1.807) is 4.90 Å². The highest BCUT2D eigenvalue weighted by Crippen LogP contribution is 2.45. The zero-order chi connectivity index (χ0) is 9.80. The van der Waals surface area contributed by atoms with E-state index in [1.165, 1.54) is 0 Å². The highest BCUT2D eigenvalue weighted by atomic mass is 16.3. The molecule has 2 rings (SSSR count). The Morgan fingerprint density at radius 3 is 2.54 bits per heavy atom. The van der Waals surface area contributed by atoms with Gasteiger partial charge in [0.2, 0.25) is 5.91 Å². The quantitative estimate of drug-likeness (QED) is 0.530. The summed E-state index contributed by atoms with van der Waals surface area (Å²) >= 11 is 0. The molecule has 13 heavy (non-hydrogen) atoms. The Bertz CT molecular complexity index is 252. The third kappa shape index (κ3) is 1.02. The van der Waals surface area contributed by atoms with E-state index in [0.717, 1.165) is 0 Å².